The average Bonchev–Trinajstić information content (AvgIpc) is 2.94. The number of ether oxygens (including phenoxy) is 1. The average molecular weight is 453 g/mol. The number of aliphatic hydroxyl groups is 2. The van der Waals surface area contributed by atoms with Crippen molar-refractivity contribution < 1.29 is 24.9 Å². The van der Waals surface area contributed by atoms with Gasteiger partial charge in [-0.1, -0.05) is 58.4 Å². The summed E-state index contributed by atoms with van der Waals surface area (Å²) < 4.78 is 5.55. The summed E-state index contributed by atoms with van der Waals surface area (Å²) in [6.07, 6.45) is 9.50. The SMILES string of the molecule is O=C(O)CCC/C=C\C[C@@H]1[C@@H](/C=C/[C@@H](O)COc2ccccc2)[C@H](O)C[C@H]1Br. The molecule has 1 aliphatic carbocycles. The maximum absolute atomic E-state index is 10.5. The van der Waals surface area contributed by atoms with Crippen LogP contribution in [0.25, 0.3) is 0 Å². The van der Waals surface area contributed by atoms with E-state index in [0.29, 0.717) is 18.6 Å². The van der Waals surface area contributed by atoms with Crippen molar-refractivity contribution in [3.63, 3.8) is 0 Å². The van der Waals surface area contributed by atoms with Gasteiger partial charge >= 0.3 is 5.97 Å². The quantitative estimate of drug-likeness (QED) is 0.268. The van der Waals surface area contributed by atoms with Gasteiger partial charge in [-0.25, -0.2) is 0 Å². The number of alkyl halides is 1. The van der Waals surface area contributed by atoms with Crippen molar-refractivity contribution in [3.05, 3.63) is 54.6 Å². The Morgan fingerprint density at radius 1 is 1.29 bits per heavy atom. The third-order valence-electron chi connectivity index (χ3n) is 4.93. The minimum atomic E-state index is -0.771. The van der Waals surface area contributed by atoms with Gasteiger partial charge in [0.05, 0.1) is 6.10 Å². The number of aliphatic hydroxyl groups excluding tert-OH is 2. The minimum Gasteiger partial charge on any atom is -0.491 e. The Morgan fingerprint density at radius 2 is 2.04 bits per heavy atom. The number of rotatable bonds is 11. The fourth-order valence-electron chi connectivity index (χ4n) is 3.42. The first kappa shape index (κ1) is 22.7. The van der Waals surface area contributed by atoms with E-state index in [0.717, 1.165) is 12.8 Å². The molecule has 1 fully saturated rings. The molecule has 0 radical (unpaired) electrons. The molecular weight excluding hydrogens is 424 g/mol. The highest BCUT2D eigenvalue weighted by molar-refractivity contribution is 9.09. The van der Waals surface area contributed by atoms with Crippen molar-refractivity contribution in [1.29, 1.82) is 0 Å². The van der Waals surface area contributed by atoms with Crippen LogP contribution in [0.3, 0.4) is 0 Å². The summed E-state index contributed by atoms with van der Waals surface area (Å²) >= 11 is 3.66. The van der Waals surface area contributed by atoms with E-state index in [1.807, 2.05) is 42.5 Å². The van der Waals surface area contributed by atoms with E-state index in [1.165, 1.54) is 0 Å². The van der Waals surface area contributed by atoms with Gasteiger partial charge in [0.1, 0.15) is 18.5 Å². The van der Waals surface area contributed by atoms with E-state index in [2.05, 4.69) is 22.0 Å². The predicted octanol–water partition coefficient (Wildman–Crippen LogP) is 3.94. The summed E-state index contributed by atoms with van der Waals surface area (Å²) in [5.74, 6) is 0.124. The summed E-state index contributed by atoms with van der Waals surface area (Å²) in [5, 5.41) is 29.2. The molecule has 0 aromatic heterocycles. The first-order valence-corrected chi connectivity index (χ1v) is 10.6. The van der Waals surface area contributed by atoms with Crippen molar-refractivity contribution in [3.8, 4) is 5.75 Å². The molecule has 1 aliphatic rings. The second-order valence-corrected chi connectivity index (χ2v) is 8.31. The maximum Gasteiger partial charge on any atom is 0.303 e. The highest BCUT2D eigenvalue weighted by atomic mass is 79.9. The molecule has 5 atom stereocenters. The van der Waals surface area contributed by atoms with Gasteiger partial charge < -0.3 is 20.1 Å². The number of hydrogen-bond acceptors (Lipinski definition) is 4. The Kier molecular flexibility index (Phi) is 9.75. The molecule has 0 spiro atoms. The van der Waals surface area contributed by atoms with Crippen molar-refractivity contribution in [2.45, 2.75) is 49.1 Å². The Labute approximate surface area is 174 Å². The first-order chi connectivity index (χ1) is 13.5. The van der Waals surface area contributed by atoms with Crippen LogP contribution in [0.2, 0.25) is 0 Å². The van der Waals surface area contributed by atoms with Crippen LogP contribution >= 0.6 is 15.9 Å². The van der Waals surface area contributed by atoms with E-state index < -0.39 is 18.2 Å². The number of benzene rings is 1. The molecule has 154 valence electrons. The van der Waals surface area contributed by atoms with Crippen LogP contribution in [-0.2, 0) is 4.79 Å². The third-order valence-corrected chi connectivity index (χ3v) is 5.98. The largest absolute Gasteiger partial charge is 0.491 e. The molecule has 1 aromatic rings. The zero-order chi connectivity index (χ0) is 20.4. The highest BCUT2D eigenvalue weighted by Crippen LogP contribution is 2.40. The lowest BCUT2D eigenvalue weighted by Gasteiger charge is -2.19. The smallest absolute Gasteiger partial charge is 0.303 e. The van der Waals surface area contributed by atoms with Crippen LogP contribution in [0.1, 0.15) is 32.1 Å². The van der Waals surface area contributed by atoms with Crippen LogP contribution in [-0.4, -0.2) is 44.9 Å². The van der Waals surface area contributed by atoms with Crippen LogP contribution in [0.4, 0.5) is 0 Å². The monoisotopic (exact) mass is 452 g/mol. The predicted molar refractivity (Wildman–Crippen MR) is 113 cm³/mol. The van der Waals surface area contributed by atoms with Crippen LogP contribution in [0.15, 0.2) is 54.6 Å². The number of unbranched alkanes of at least 4 members (excludes halogenated alkanes) is 1. The normalized spacial score (nSPS) is 26.1. The number of allylic oxidation sites excluding steroid dienone is 2. The van der Waals surface area contributed by atoms with E-state index >= 15 is 0 Å². The number of aliphatic carboxylic acids is 1. The lowest BCUT2D eigenvalue weighted by atomic mass is 9.90. The Balaban J connectivity index is 1.82. The van der Waals surface area contributed by atoms with Gasteiger partial charge in [0.25, 0.3) is 0 Å². The van der Waals surface area contributed by atoms with Gasteiger partial charge in [-0.3, -0.25) is 4.79 Å². The fourth-order valence-corrected chi connectivity index (χ4v) is 4.37. The molecule has 0 aliphatic heterocycles. The molecule has 6 heteroatoms. The first-order valence-electron chi connectivity index (χ1n) is 9.70. The molecular formula is C22H29BrO5. The lowest BCUT2D eigenvalue weighted by Crippen LogP contribution is -2.20. The number of carboxylic acids is 1. The summed E-state index contributed by atoms with van der Waals surface area (Å²) in [5.41, 5.74) is 0. The van der Waals surface area contributed by atoms with E-state index in [9.17, 15) is 15.0 Å². The Bertz CT molecular complexity index is 646. The summed E-state index contributed by atoms with van der Waals surface area (Å²) in [4.78, 5) is 10.7. The molecule has 0 bridgehead atoms. The maximum atomic E-state index is 10.5. The van der Waals surface area contributed by atoms with Gasteiger partial charge in [0.15, 0.2) is 0 Å². The number of para-hydroxylation sites is 1. The van der Waals surface area contributed by atoms with Gasteiger partial charge in [-0.05, 0) is 43.7 Å². The molecule has 1 saturated carbocycles. The van der Waals surface area contributed by atoms with Crippen molar-refractivity contribution in [2.75, 3.05) is 6.61 Å². The molecule has 2 rings (SSSR count). The van der Waals surface area contributed by atoms with Crippen LogP contribution < -0.4 is 4.74 Å². The lowest BCUT2D eigenvalue weighted by molar-refractivity contribution is -0.137. The summed E-state index contributed by atoms with van der Waals surface area (Å²) in [6, 6.07) is 9.34. The Morgan fingerprint density at radius 3 is 2.75 bits per heavy atom. The van der Waals surface area contributed by atoms with Crippen LogP contribution in [0.5, 0.6) is 5.75 Å². The van der Waals surface area contributed by atoms with Gasteiger partial charge in [0, 0.05) is 17.2 Å². The summed E-state index contributed by atoms with van der Waals surface area (Å²) in [6.45, 7) is 0.162. The fraction of sp³-hybridized carbons (Fsp3) is 0.500. The highest BCUT2D eigenvalue weighted by Gasteiger charge is 2.38. The standard InChI is InChI=1S/C22H29BrO5/c23-20-14-21(25)19(18(20)10-6-1-2-7-11-22(26)27)13-12-16(24)15-28-17-8-4-3-5-9-17/h1,3-6,8-9,12-13,16,18-21,24-25H,2,7,10-11,14-15H2,(H,26,27)/b6-1-,13-12+/t16-,18-,19-,20-,21-/m1/s1. The summed E-state index contributed by atoms with van der Waals surface area (Å²) in [7, 11) is 0. The van der Waals surface area contributed by atoms with Crippen molar-refractivity contribution in [2.24, 2.45) is 11.8 Å². The second-order valence-electron chi connectivity index (χ2n) is 7.13. The zero-order valence-corrected chi connectivity index (χ0v) is 17.4. The number of carboxylic acid groups (broad SMARTS) is 1. The van der Waals surface area contributed by atoms with Gasteiger partial charge in [0.2, 0.25) is 0 Å². The van der Waals surface area contributed by atoms with E-state index in [-0.39, 0.29) is 29.7 Å². The Hall–Kier alpha value is -1.63. The van der Waals surface area contributed by atoms with Crippen molar-refractivity contribution in [1.82, 2.24) is 0 Å². The molecule has 1 aromatic carbocycles. The number of halogens is 1. The second kappa shape index (κ2) is 12.0. The topological polar surface area (TPSA) is 87.0 Å². The number of hydrogen-bond donors (Lipinski definition) is 3. The molecule has 0 heterocycles. The molecule has 0 amide bonds. The zero-order valence-electron chi connectivity index (χ0n) is 15.9. The van der Waals surface area contributed by atoms with E-state index in [4.69, 9.17) is 9.84 Å². The minimum absolute atomic E-state index is 0.0422. The molecule has 0 saturated heterocycles. The van der Waals surface area contributed by atoms with Gasteiger partial charge in [-0.15, -0.1) is 0 Å². The molecule has 28 heavy (non-hydrogen) atoms. The van der Waals surface area contributed by atoms with Gasteiger partial charge in [-0.2, -0.15) is 0 Å². The van der Waals surface area contributed by atoms with Crippen molar-refractivity contribution >= 4 is 21.9 Å². The molecule has 5 nitrogen and oxygen atoms in total. The van der Waals surface area contributed by atoms with E-state index in [1.54, 1.807) is 6.08 Å². The molecule has 3 N–H and O–H groups in total. The molecule has 0 unspecified atom stereocenters. The van der Waals surface area contributed by atoms with Crippen LogP contribution in [0, 0.1) is 11.8 Å². The number of carbonyl (C=O) groups is 1. The third kappa shape index (κ3) is 7.78.